The van der Waals surface area contributed by atoms with E-state index in [1.54, 1.807) is 0 Å². The van der Waals surface area contributed by atoms with E-state index >= 15 is 0 Å². The van der Waals surface area contributed by atoms with Crippen LogP contribution in [-0.2, 0) is 14.3 Å². The minimum Gasteiger partial charge on any atom is -0.270 e. The first kappa shape index (κ1) is 47.9. The predicted molar refractivity (Wildman–Crippen MR) is 216 cm³/mol. The summed E-state index contributed by atoms with van der Waals surface area (Å²) in [5, 5.41) is 0. The summed E-state index contributed by atoms with van der Waals surface area (Å²) in [5.74, 6) is 0.200. The van der Waals surface area contributed by atoms with Gasteiger partial charge in [-0.05, 0) is 12.8 Å². The maximum Gasteiger partial charge on any atom is 0.267 e. The van der Waals surface area contributed by atoms with Crippen LogP contribution in [0, 0.1) is 0 Å². The van der Waals surface area contributed by atoms with Crippen molar-refractivity contribution in [2.24, 2.45) is 0 Å². The highest BCUT2D eigenvalue weighted by Crippen LogP contribution is 2.17. The second kappa shape index (κ2) is 41.3. The quantitative estimate of drug-likeness (QED) is 0.0470. The van der Waals surface area contributed by atoms with E-state index in [0.717, 1.165) is 32.1 Å². The average molecular weight is 699 g/mol. The summed E-state index contributed by atoms with van der Waals surface area (Å²) >= 11 is 0. The van der Waals surface area contributed by atoms with Crippen LogP contribution in [0.4, 0.5) is 0 Å². The highest BCUT2D eigenvalue weighted by Gasteiger charge is 2.10. The highest BCUT2D eigenvalue weighted by molar-refractivity contribution is 7.86. The van der Waals surface area contributed by atoms with Gasteiger partial charge in [0.1, 0.15) is 0 Å². The Hall–Kier alpha value is -0.0900. The van der Waals surface area contributed by atoms with E-state index in [1.807, 2.05) is 0 Å². The molecule has 0 aromatic rings. The van der Waals surface area contributed by atoms with Crippen molar-refractivity contribution < 1.29 is 12.6 Å². The molecule has 0 saturated heterocycles. The molecular weight excluding hydrogens is 609 g/mol. The fourth-order valence-corrected chi connectivity index (χ4v) is 8.18. The Morgan fingerprint density at radius 3 is 0.688 bits per heavy atom. The zero-order chi connectivity index (χ0) is 34.9. The van der Waals surface area contributed by atoms with Crippen molar-refractivity contribution in [3.8, 4) is 0 Å². The van der Waals surface area contributed by atoms with E-state index in [2.05, 4.69) is 13.8 Å². The molecule has 0 N–H and O–H groups in total. The maximum absolute atomic E-state index is 12.2. The molecule has 0 aliphatic carbocycles. The summed E-state index contributed by atoms with van der Waals surface area (Å²) in [6.07, 6.45) is 53.9. The van der Waals surface area contributed by atoms with E-state index < -0.39 is 10.1 Å². The van der Waals surface area contributed by atoms with Crippen molar-refractivity contribution in [2.75, 3.05) is 12.4 Å². The molecule has 3 nitrogen and oxygen atoms in total. The topological polar surface area (TPSA) is 43.4 Å². The summed E-state index contributed by atoms with van der Waals surface area (Å²) in [6.45, 7) is 4.96. The number of rotatable bonds is 43. The molecule has 0 amide bonds. The molecule has 0 aromatic carbocycles. The van der Waals surface area contributed by atoms with Crippen LogP contribution in [0.2, 0.25) is 0 Å². The van der Waals surface area contributed by atoms with Crippen molar-refractivity contribution in [3.05, 3.63) is 0 Å². The third-order valence-electron chi connectivity index (χ3n) is 10.5. The van der Waals surface area contributed by atoms with Gasteiger partial charge in [0.15, 0.2) is 0 Å². The van der Waals surface area contributed by atoms with Gasteiger partial charge in [-0.3, -0.25) is 4.18 Å². The molecule has 0 rings (SSSR count). The van der Waals surface area contributed by atoms with Gasteiger partial charge in [-0.1, -0.05) is 258 Å². The lowest BCUT2D eigenvalue weighted by molar-refractivity contribution is 0.305. The molecule has 0 saturated carbocycles. The zero-order valence-electron chi connectivity index (χ0n) is 33.3. The Morgan fingerprint density at radius 2 is 0.458 bits per heavy atom. The van der Waals surface area contributed by atoms with Gasteiger partial charge in [0, 0.05) is 0 Å². The van der Waals surface area contributed by atoms with Gasteiger partial charge in [0.2, 0.25) is 0 Å². The summed E-state index contributed by atoms with van der Waals surface area (Å²) in [6, 6.07) is 0. The molecule has 0 aliphatic heterocycles. The standard InChI is InChI=1S/C44H90O3S/c1-3-5-7-9-11-13-15-17-19-21-23-25-27-29-31-33-35-37-39-41-43-47-48(45,46)44-42-40-38-36-34-32-30-28-26-24-22-20-18-16-14-12-10-8-6-4-2/h3-44H2,1-2H3. The first-order valence-corrected chi connectivity index (χ1v) is 24.1. The van der Waals surface area contributed by atoms with Gasteiger partial charge in [0.25, 0.3) is 10.1 Å². The fraction of sp³-hybridized carbons (Fsp3) is 1.00. The maximum atomic E-state index is 12.2. The van der Waals surface area contributed by atoms with Gasteiger partial charge in [-0.15, -0.1) is 0 Å². The molecule has 0 unspecified atom stereocenters. The Bertz CT molecular complexity index is 677. The molecule has 4 heteroatoms. The number of hydrogen-bond donors (Lipinski definition) is 0. The lowest BCUT2D eigenvalue weighted by atomic mass is 10.0. The van der Waals surface area contributed by atoms with Crippen LogP contribution in [0.3, 0.4) is 0 Å². The molecule has 0 aliphatic rings. The zero-order valence-corrected chi connectivity index (χ0v) is 34.1. The third-order valence-corrected chi connectivity index (χ3v) is 11.8. The van der Waals surface area contributed by atoms with Gasteiger partial charge in [-0.25, -0.2) is 0 Å². The molecule has 0 radical (unpaired) electrons. The molecule has 0 spiro atoms. The van der Waals surface area contributed by atoms with E-state index in [4.69, 9.17) is 4.18 Å². The average Bonchev–Trinajstić information content (AvgIpc) is 3.08. The summed E-state index contributed by atoms with van der Waals surface area (Å²) < 4.78 is 29.7. The van der Waals surface area contributed by atoms with E-state index in [1.165, 1.54) is 225 Å². The molecule has 48 heavy (non-hydrogen) atoms. The summed E-state index contributed by atoms with van der Waals surface area (Å²) in [5.41, 5.74) is 0. The lowest BCUT2D eigenvalue weighted by Crippen LogP contribution is -2.11. The van der Waals surface area contributed by atoms with Crippen molar-refractivity contribution >= 4 is 10.1 Å². The third kappa shape index (κ3) is 42.1. The van der Waals surface area contributed by atoms with Crippen LogP contribution in [-0.4, -0.2) is 20.8 Å². The molecule has 0 fully saturated rings. The van der Waals surface area contributed by atoms with Crippen LogP contribution in [0.1, 0.15) is 271 Å². The molecule has 0 aromatic heterocycles. The Labute approximate surface area is 304 Å². The van der Waals surface area contributed by atoms with Gasteiger partial charge < -0.3 is 0 Å². The van der Waals surface area contributed by atoms with Crippen LogP contribution in [0.5, 0.6) is 0 Å². The highest BCUT2D eigenvalue weighted by atomic mass is 32.2. The SMILES string of the molecule is CCCCCCCCCCCCCCCCCCCCCCOS(=O)(=O)CCCCCCCCCCCCCCCCCCCCCC. The first-order chi connectivity index (χ1) is 23.6. The Kier molecular flexibility index (Phi) is 41.3. The molecule has 0 atom stereocenters. The largest absolute Gasteiger partial charge is 0.270 e. The van der Waals surface area contributed by atoms with Crippen LogP contribution in [0.25, 0.3) is 0 Å². The van der Waals surface area contributed by atoms with Crippen LogP contribution >= 0.6 is 0 Å². The van der Waals surface area contributed by atoms with Gasteiger partial charge in [0.05, 0.1) is 12.4 Å². The monoisotopic (exact) mass is 699 g/mol. The second-order valence-electron chi connectivity index (χ2n) is 15.5. The van der Waals surface area contributed by atoms with Gasteiger partial charge >= 0.3 is 0 Å². The van der Waals surface area contributed by atoms with Gasteiger partial charge in [-0.2, -0.15) is 8.42 Å². The molecule has 0 heterocycles. The number of unbranched alkanes of at least 4 members (excludes halogenated alkanes) is 38. The minimum absolute atomic E-state index is 0.200. The smallest absolute Gasteiger partial charge is 0.267 e. The Balaban J connectivity index is 3.25. The second-order valence-corrected chi connectivity index (χ2v) is 17.3. The number of hydrogen-bond acceptors (Lipinski definition) is 3. The lowest BCUT2D eigenvalue weighted by Gasteiger charge is -2.06. The first-order valence-electron chi connectivity index (χ1n) is 22.5. The van der Waals surface area contributed by atoms with Crippen molar-refractivity contribution in [3.63, 3.8) is 0 Å². The van der Waals surface area contributed by atoms with Crippen LogP contribution < -0.4 is 0 Å². The fourth-order valence-electron chi connectivity index (χ4n) is 7.14. The van der Waals surface area contributed by atoms with E-state index in [0.29, 0.717) is 6.61 Å². The minimum atomic E-state index is -3.33. The Morgan fingerprint density at radius 1 is 0.271 bits per heavy atom. The molecule has 290 valence electrons. The van der Waals surface area contributed by atoms with Crippen molar-refractivity contribution in [1.29, 1.82) is 0 Å². The normalized spacial score (nSPS) is 12.0. The van der Waals surface area contributed by atoms with Crippen LogP contribution in [0.15, 0.2) is 0 Å². The van der Waals surface area contributed by atoms with Crippen molar-refractivity contribution in [1.82, 2.24) is 0 Å². The van der Waals surface area contributed by atoms with E-state index in [-0.39, 0.29) is 5.75 Å². The van der Waals surface area contributed by atoms with Crippen molar-refractivity contribution in [2.45, 2.75) is 271 Å². The molecule has 0 bridgehead atoms. The summed E-state index contributed by atoms with van der Waals surface area (Å²) in [4.78, 5) is 0. The summed E-state index contributed by atoms with van der Waals surface area (Å²) in [7, 11) is -3.33. The predicted octanol–water partition coefficient (Wildman–Crippen LogP) is 16.0. The molecular formula is C44H90O3S. The van der Waals surface area contributed by atoms with E-state index in [9.17, 15) is 8.42 Å².